The van der Waals surface area contributed by atoms with Crippen LogP contribution in [0.2, 0.25) is 0 Å². The van der Waals surface area contributed by atoms with Crippen LogP contribution < -0.4 is 0 Å². The molecule has 0 radical (unpaired) electrons. The van der Waals surface area contributed by atoms with Crippen LogP contribution >= 0.6 is 0 Å². The highest BCUT2D eigenvalue weighted by atomic mass is 16.4. The van der Waals surface area contributed by atoms with E-state index in [1.165, 1.54) is 6.07 Å². The predicted molar refractivity (Wildman–Crippen MR) is 81.7 cm³/mol. The first-order valence-corrected chi connectivity index (χ1v) is 7.19. The van der Waals surface area contributed by atoms with Gasteiger partial charge >= 0.3 is 5.97 Å². The lowest BCUT2D eigenvalue weighted by Gasteiger charge is -2.28. The maximum atomic E-state index is 12.6. The summed E-state index contributed by atoms with van der Waals surface area (Å²) in [5, 5.41) is 8.92. The van der Waals surface area contributed by atoms with Gasteiger partial charge in [-0.3, -0.25) is 4.79 Å². The fraction of sp³-hybridized carbons (Fsp3) is 0.294. The van der Waals surface area contributed by atoms with Crippen LogP contribution in [0.5, 0.6) is 0 Å². The molecule has 1 unspecified atom stereocenters. The Bertz CT molecular complexity index is 648. The lowest BCUT2D eigenvalue weighted by atomic mass is 10.1. The Kier molecular flexibility index (Phi) is 4.99. The van der Waals surface area contributed by atoms with Crippen molar-refractivity contribution in [3.63, 3.8) is 0 Å². The molecule has 1 atom stereocenters. The highest BCUT2D eigenvalue weighted by Gasteiger charge is 2.24. The molecule has 116 valence electrons. The second-order valence-electron chi connectivity index (χ2n) is 5.18. The number of hydrogen-bond acceptors (Lipinski definition) is 3. The number of benzene rings is 1. The maximum Gasteiger partial charge on any atom is 0.338 e. The largest absolute Gasteiger partial charge is 0.478 e. The number of carboxylic acids is 1. The molecule has 0 aliphatic heterocycles. The number of aromatic carboxylic acids is 1. The minimum Gasteiger partial charge on any atom is -0.478 e. The van der Waals surface area contributed by atoms with Crippen molar-refractivity contribution < 1.29 is 19.1 Å². The van der Waals surface area contributed by atoms with E-state index in [-0.39, 0.29) is 23.3 Å². The number of carbonyl (C=O) groups is 2. The van der Waals surface area contributed by atoms with E-state index >= 15 is 0 Å². The number of nitrogens with zero attached hydrogens (tertiary/aromatic N) is 1. The molecule has 0 aliphatic carbocycles. The van der Waals surface area contributed by atoms with Crippen molar-refractivity contribution >= 4 is 11.9 Å². The standard InChI is InChI=1S/C17H19NO4/c1-3-12(2)18(10-13-7-5-4-6-8-13)16(19)15-9-14(11-22-15)17(20)21/h4-9,11-12H,3,10H2,1-2H3,(H,20,21). The molecule has 5 heteroatoms. The van der Waals surface area contributed by atoms with Crippen molar-refractivity contribution in [2.24, 2.45) is 0 Å². The first kappa shape index (κ1) is 15.8. The molecule has 1 aromatic carbocycles. The van der Waals surface area contributed by atoms with Crippen LogP contribution in [-0.4, -0.2) is 27.9 Å². The van der Waals surface area contributed by atoms with Crippen LogP contribution in [0.15, 0.2) is 47.1 Å². The molecule has 1 aromatic heterocycles. The molecule has 0 bridgehead atoms. The van der Waals surface area contributed by atoms with Gasteiger partial charge in [0.25, 0.3) is 5.91 Å². The Morgan fingerprint density at radius 3 is 2.50 bits per heavy atom. The van der Waals surface area contributed by atoms with Gasteiger partial charge in [0.2, 0.25) is 0 Å². The van der Waals surface area contributed by atoms with Crippen LogP contribution in [0.4, 0.5) is 0 Å². The van der Waals surface area contributed by atoms with Gasteiger partial charge in [-0.05, 0) is 18.9 Å². The fourth-order valence-electron chi connectivity index (χ4n) is 2.13. The van der Waals surface area contributed by atoms with Crippen molar-refractivity contribution in [1.29, 1.82) is 0 Å². The number of furan rings is 1. The Morgan fingerprint density at radius 1 is 1.27 bits per heavy atom. The van der Waals surface area contributed by atoms with E-state index in [1.807, 2.05) is 44.2 Å². The van der Waals surface area contributed by atoms with Crippen LogP contribution in [0.25, 0.3) is 0 Å². The van der Waals surface area contributed by atoms with E-state index in [9.17, 15) is 9.59 Å². The van der Waals surface area contributed by atoms with Crippen LogP contribution in [0.1, 0.15) is 46.7 Å². The monoisotopic (exact) mass is 301 g/mol. The molecule has 0 aliphatic rings. The third kappa shape index (κ3) is 3.55. The summed E-state index contributed by atoms with van der Waals surface area (Å²) < 4.78 is 5.13. The third-order valence-corrected chi connectivity index (χ3v) is 3.64. The van der Waals surface area contributed by atoms with E-state index in [1.54, 1.807) is 4.90 Å². The van der Waals surface area contributed by atoms with Crippen molar-refractivity contribution in [1.82, 2.24) is 4.90 Å². The molecule has 1 heterocycles. The lowest BCUT2D eigenvalue weighted by Crippen LogP contribution is -2.37. The quantitative estimate of drug-likeness (QED) is 0.887. The summed E-state index contributed by atoms with van der Waals surface area (Å²) in [6.45, 7) is 4.42. The van der Waals surface area contributed by atoms with E-state index in [0.717, 1.165) is 18.2 Å². The summed E-state index contributed by atoms with van der Waals surface area (Å²) in [6, 6.07) is 11.0. The zero-order valence-electron chi connectivity index (χ0n) is 12.7. The molecule has 22 heavy (non-hydrogen) atoms. The first-order chi connectivity index (χ1) is 10.5. The third-order valence-electron chi connectivity index (χ3n) is 3.64. The van der Waals surface area contributed by atoms with Crippen molar-refractivity contribution in [2.45, 2.75) is 32.9 Å². The van der Waals surface area contributed by atoms with Crippen molar-refractivity contribution in [3.05, 3.63) is 59.5 Å². The number of carboxylic acid groups (broad SMARTS) is 1. The second kappa shape index (κ2) is 6.93. The molecular weight excluding hydrogens is 282 g/mol. The van der Waals surface area contributed by atoms with Crippen molar-refractivity contribution in [3.8, 4) is 0 Å². The molecule has 2 rings (SSSR count). The number of rotatable bonds is 6. The second-order valence-corrected chi connectivity index (χ2v) is 5.18. The van der Waals surface area contributed by atoms with E-state index in [2.05, 4.69) is 0 Å². The molecule has 2 aromatic rings. The summed E-state index contributed by atoms with van der Waals surface area (Å²) in [5.41, 5.74) is 0.994. The van der Waals surface area contributed by atoms with Gasteiger partial charge in [0.15, 0.2) is 5.76 Å². The van der Waals surface area contributed by atoms with Gasteiger partial charge in [-0.15, -0.1) is 0 Å². The Balaban J connectivity index is 2.24. The van der Waals surface area contributed by atoms with E-state index in [4.69, 9.17) is 9.52 Å². The zero-order valence-corrected chi connectivity index (χ0v) is 12.7. The maximum absolute atomic E-state index is 12.6. The number of carbonyl (C=O) groups excluding carboxylic acids is 1. The van der Waals surface area contributed by atoms with E-state index in [0.29, 0.717) is 6.54 Å². The summed E-state index contributed by atoms with van der Waals surface area (Å²) in [4.78, 5) is 25.2. The highest BCUT2D eigenvalue weighted by molar-refractivity contribution is 5.95. The molecule has 0 fully saturated rings. The SMILES string of the molecule is CCC(C)N(Cc1ccccc1)C(=O)c1cc(C(=O)O)co1. The molecule has 0 spiro atoms. The zero-order chi connectivity index (χ0) is 16.1. The Morgan fingerprint density at radius 2 is 1.95 bits per heavy atom. The van der Waals surface area contributed by atoms with Gasteiger partial charge in [0, 0.05) is 18.7 Å². The molecule has 0 saturated heterocycles. The summed E-state index contributed by atoms with van der Waals surface area (Å²) in [5.74, 6) is -1.36. The number of amides is 1. The molecule has 0 saturated carbocycles. The minimum atomic E-state index is -1.11. The molecule has 1 N–H and O–H groups in total. The molecule has 1 amide bonds. The van der Waals surface area contributed by atoms with Crippen molar-refractivity contribution in [2.75, 3.05) is 0 Å². The summed E-state index contributed by atoms with van der Waals surface area (Å²) in [6.07, 6.45) is 1.89. The van der Waals surface area contributed by atoms with Gasteiger partial charge in [-0.25, -0.2) is 4.79 Å². The Labute approximate surface area is 129 Å². The van der Waals surface area contributed by atoms with Crippen LogP contribution in [0.3, 0.4) is 0 Å². The molecule has 5 nitrogen and oxygen atoms in total. The van der Waals surface area contributed by atoms with Gasteiger partial charge in [-0.1, -0.05) is 37.3 Å². The summed E-state index contributed by atoms with van der Waals surface area (Å²) >= 11 is 0. The first-order valence-electron chi connectivity index (χ1n) is 7.19. The van der Waals surface area contributed by atoms with Crippen LogP contribution in [-0.2, 0) is 6.54 Å². The average molecular weight is 301 g/mol. The smallest absolute Gasteiger partial charge is 0.338 e. The van der Waals surface area contributed by atoms with Crippen LogP contribution in [0, 0.1) is 0 Å². The topological polar surface area (TPSA) is 70.8 Å². The normalized spacial score (nSPS) is 11.9. The fourth-order valence-corrected chi connectivity index (χ4v) is 2.13. The summed E-state index contributed by atoms with van der Waals surface area (Å²) in [7, 11) is 0. The predicted octanol–water partition coefficient (Wildman–Crippen LogP) is 3.42. The average Bonchev–Trinajstić information content (AvgIpc) is 3.02. The lowest BCUT2D eigenvalue weighted by molar-refractivity contribution is 0.0637. The Hall–Kier alpha value is -2.56. The molecular formula is C17H19NO4. The van der Waals surface area contributed by atoms with E-state index < -0.39 is 5.97 Å². The van der Waals surface area contributed by atoms with Gasteiger partial charge < -0.3 is 14.4 Å². The number of hydrogen-bond donors (Lipinski definition) is 1. The highest BCUT2D eigenvalue weighted by Crippen LogP contribution is 2.17. The van der Waals surface area contributed by atoms with Gasteiger partial charge in [0.1, 0.15) is 6.26 Å². The minimum absolute atomic E-state index is 0.0195. The van der Waals surface area contributed by atoms with Gasteiger partial charge in [0.05, 0.1) is 5.56 Å². The van der Waals surface area contributed by atoms with Gasteiger partial charge in [-0.2, -0.15) is 0 Å².